The van der Waals surface area contributed by atoms with Crippen LogP contribution in [-0.4, -0.2) is 24.4 Å². The highest BCUT2D eigenvalue weighted by atomic mass is 16.5. The fourth-order valence-corrected chi connectivity index (χ4v) is 1.49. The van der Waals surface area contributed by atoms with Crippen molar-refractivity contribution in [1.82, 2.24) is 0 Å². The lowest BCUT2D eigenvalue weighted by Gasteiger charge is -2.26. The zero-order chi connectivity index (χ0) is 12.6. The molecule has 0 aliphatic carbocycles. The molecule has 0 radical (unpaired) electrons. The van der Waals surface area contributed by atoms with E-state index in [9.17, 15) is 5.11 Å². The minimum Gasteiger partial charge on any atom is -0.390 e. The molecule has 0 spiro atoms. The maximum atomic E-state index is 9.82. The van der Waals surface area contributed by atoms with Crippen LogP contribution in [0.1, 0.15) is 60.3 Å². The third-order valence-corrected chi connectivity index (χ3v) is 3.17. The van der Waals surface area contributed by atoms with Gasteiger partial charge < -0.3 is 9.84 Å². The van der Waals surface area contributed by atoms with Gasteiger partial charge >= 0.3 is 0 Å². The number of hydrogen-bond acceptors (Lipinski definition) is 2. The molecule has 0 aromatic rings. The molecule has 0 rings (SSSR count). The zero-order valence-electron chi connectivity index (χ0n) is 11.8. The smallest absolute Gasteiger partial charge is 0.0821 e. The maximum Gasteiger partial charge on any atom is 0.0821 e. The fraction of sp³-hybridized carbons (Fsp3) is 1.00. The molecule has 0 bridgehead atoms. The van der Waals surface area contributed by atoms with E-state index in [1.807, 2.05) is 20.8 Å². The van der Waals surface area contributed by atoms with Crippen molar-refractivity contribution in [2.75, 3.05) is 13.2 Å². The molecule has 0 amide bonds. The zero-order valence-corrected chi connectivity index (χ0v) is 11.8. The van der Waals surface area contributed by atoms with E-state index < -0.39 is 0 Å². The molecule has 0 heterocycles. The summed E-state index contributed by atoms with van der Waals surface area (Å²) in [6.45, 7) is 11.8. The Bertz CT molecular complexity index is 161. The number of aliphatic hydroxyl groups is 1. The molecule has 98 valence electrons. The average Bonchev–Trinajstić information content (AvgIpc) is 2.21. The van der Waals surface area contributed by atoms with Gasteiger partial charge in [-0.25, -0.2) is 0 Å². The van der Waals surface area contributed by atoms with E-state index in [4.69, 9.17) is 4.74 Å². The van der Waals surface area contributed by atoms with Crippen LogP contribution in [0, 0.1) is 11.3 Å². The van der Waals surface area contributed by atoms with Gasteiger partial charge in [0.25, 0.3) is 0 Å². The molecular weight excluding hydrogens is 200 g/mol. The Morgan fingerprint density at radius 3 is 2.19 bits per heavy atom. The van der Waals surface area contributed by atoms with E-state index in [0.29, 0.717) is 12.5 Å². The Hall–Kier alpha value is -0.0800. The molecule has 0 saturated heterocycles. The van der Waals surface area contributed by atoms with E-state index in [1.54, 1.807) is 0 Å². The molecule has 2 atom stereocenters. The van der Waals surface area contributed by atoms with Crippen molar-refractivity contribution in [2.45, 2.75) is 66.4 Å². The second-order valence-corrected chi connectivity index (χ2v) is 5.84. The van der Waals surface area contributed by atoms with Crippen molar-refractivity contribution >= 4 is 0 Å². The van der Waals surface area contributed by atoms with Crippen molar-refractivity contribution < 1.29 is 9.84 Å². The van der Waals surface area contributed by atoms with Crippen molar-refractivity contribution in [3.8, 4) is 0 Å². The Balaban J connectivity index is 3.69. The van der Waals surface area contributed by atoms with Gasteiger partial charge in [-0.3, -0.25) is 0 Å². The number of rotatable bonds is 8. The predicted octanol–water partition coefficient (Wildman–Crippen LogP) is 3.63. The Morgan fingerprint density at radius 1 is 1.12 bits per heavy atom. The van der Waals surface area contributed by atoms with Crippen LogP contribution in [0.25, 0.3) is 0 Å². The van der Waals surface area contributed by atoms with Crippen molar-refractivity contribution in [3.63, 3.8) is 0 Å². The normalized spacial score (nSPS) is 16.1. The standard InChI is InChI=1S/C14H30O2/c1-6-8-9-12(7-2)10-16-11-13(15)14(3,4)5/h12-13,15H,6-11H2,1-5H3. The van der Waals surface area contributed by atoms with Crippen LogP contribution in [0.2, 0.25) is 0 Å². The van der Waals surface area contributed by atoms with Crippen LogP contribution in [0.15, 0.2) is 0 Å². The topological polar surface area (TPSA) is 29.5 Å². The van der Waals surface area contributed by atoms with Gasteiger partial charge in [0.2, 0.25) is 0 Å². The number of hydrogen-bond donors (Lipinski definition) is 1. The summed E-state index contributed by atoms with van der Waals surface area (Å²) in [5.41, 5.74) is -0.0782. The molecule has 0 aliphatic rings. The predicted molar refractivity (Wildman–Crippen MR) is 69.6 cm³/mol. The molecule has 2 unspecified atom stereocenters. The van der Waals surface area contributed by atoms with Crippen LogP contribution < -0.4 is 0 Å². The Labute approximate surface area is 101 Å². The largest absolute Gasteiger partial charge is 0.390 e. The Kier molecular flexibility index (Phi) is 8.04. The average molecular weight is 230 g/mol. The molecule has 0 aliphatic heterocycles. The van der Waals surface area contributed by atoms with Crippen molar-refractivity contribution in [1.29, 1.82) is 0 Å². The summed E-state index contributed by atoms with van der Waals surface area (Å²) < 4.78 is 5.62. The van der Waals surface area contributed by atoms with E-state index >= 15 is 0 Å². The van der Waals surface area contributed by atoms with Crippen LogP contribution in [-0.2, 0) is 4.74 Å². The first-order valence-electron chi connectivity index (χ1n) is 6.67. The van der Waals surface area contributed by atoms with Gasteiger partial charge in [-0.2, -0.15) is 0 Å². The first-order valence-corrected chi connectivity index (χ1v) is 6.67. The lowest BCUT2D eigenvalue weighted by molar-refractivity contribution is -0.0302. The molecule has 1 N–H and O–H groups in total. The quantitative estimate of drug-likeness (QED) is 0.690. The molecule has 16 heavy (non-hydrogen) atoms. The molecule has 0 aromatic carbocycles. The maximum absolute atomic E-state index is 9.82. The van der Waals surface area contributed by atoms with Gasteiger partial charge in [-0.1, -0.05) is 53.9 Å². The van der Waals surface area contributed by atoms with Crippen LogP contribution in [0.4, 0.5) is 0 Å². The van der Waals surface area contributed by atoms with Gasteiger partial charge in [0.15, 0.2) is 0 Å². The van der Waals surface area contributed by atoms with E-state index in [1.165, 1.54) is 25.7 Å². The third-order valence-electron chi connectivity index (χ3n) is 3.17. The SMILES string of the molecule is CCCCC(CC)COCC(O)C(C)(C)C. The second-order valence-electron chi connectivity index (χ2n) is 5.84. The molecule has 2 nitrogen and oxygen atoms in total. The molecular formula is C14H30O2. The molecule has 0 saturated carbocycles. The van der Waals surface area contributed by atoms with E-state index in [2.05, 4.69) is 13.8 Å². The van der Waals surface area contributed by atoms with Crippen molar-refractivity contribution in [3.05, 3.63) is 0 Å². The molecule has 0 aromatic heterocycles. The number of ether oxygens (including phenoxy) is 1. The lowest BCUT2D eigenvalue weighted by Crippen LogP contribution is -2.31. The lowest BCUT2D eigenvalue weighted by atomic mass is 9.90. The second kappa shape index (κ2) is 8.08. The van der Waals surface area contributed by atoms with E-state index in [-0.39, 0.29) is 11.5 Å². The van der Waals surface area contributed by atoms with Gasteiger partial charge in [-0.15, -0.1) is 0 Å². The highest BCUT2D eigenvalue weighted by molar-refractivity contribution is 4.72. The minimum atomic E-state index is -0.365. The van der Waals surface area contributed by atoms with Crippen LogP contribution in [0.5, 0.6) is 0 Å². The summed E-state index contributed by atoms with van der Waals surface area (Å²) in [7, 11) is 0. The monoisotopic (exact) mass is 230 g/mol. The summed E-state index contributed by atoms with van der Waals surface area (Å²) in [6, 6.07) is 0. The summed E-state index contributed by atoms with van der Waals surface area (Å²) in [5, 5.41) is 9.82. The minimum absolute atomic E-state index is 0.0782. The highest BCUT2D eigenvalue weighted by Gasteiger charge is 2.22. The van der Waals surface area contributed by atoms with Crippen LogP contribution in [0.3, 0.4) is 0 Å². The Morgan fingerprint density at radius 2 is 1.75 bits per heavy atom. The van der Waals surface area contributed by atoms with Gasteiger partial charge in [0.05, 0.1) is 12.7 Å². The summed E-state index contributed by atoms with van der Waals surface area (Å²) in [5.74, 6) is 0.659. The van der Waals surface area contributed by atoms with Gasteiger partial charge in [0.1, 0.15) is 0 Å². The fourth-order valence-electron chi connectivity index (χ4n) is 1.49. The summed E-state index contributed by atoms with van der Waals surface area (Å²) in [4.78, 5) is 0. The first-order chi connectivity index (χ1) is 7.41. The van der Waals surface area contributed by atoms with Gasteiger partial charge in [-0.05, 0) is 17.8 Å². The summed E-state index contributed by atoms with van der Waals surface area (Å²) in [6.07, 6.45) is 4.59. The number of unbranched alkanes of at least 4 members (excludes halogenated alkanes) is 1. The highest BCUT2D eigenvalue weighted by Crippen LogP contribution is 2.20. The van der Waals surface area contributed by atoms with E-state index in [0.717, 1.165) is 6.61 Å². The molecule has 0 fully saturated rings. The third kappa shape index (κ3) is 7.24. The summed E-state index contributed by atoms with van der Waals surface area (Å²) >= 11 is 0. The first kappa shape index (κ1) is 15.9. The number of aliphatic hydroxyl groups excluding tert-OH is 1. The van der Waals surface area contributed by atoms with Gasteiger partial charge in [0, 0.05) is 6.61 Å². The van der Waals surface area contributed by atoms with Crippen molar-refractivity contribution in [2.24, 2.45) is 11.3 Å². The molecule has 2 heteroatoms. The van der Waals surface area contributed by atoms with Crippen LogP contribution >= 0.6 is 0 Å².